The molecule has 7 atom stereocenters. The minimum atomic E-state index is -1.24. The van der Waals surface area contributed by atoms with Crippen LogP contribution in [0.15, 0.2) is 49.6 Å². The second kappa shape index (κ2) is 13.1. The van der Waals surface area contributed by atoms with Crippen molar-refractivity contribution < 1.29 is 29.0 Å². The molecule has 0 radical (unpaired) electrons. The number of hydrogen-bond acceptors (Lipinski definition) is 7. The van der Waals surface area contributed by atoms with Gasteiger partial charge in [0.1, 0.15) is 11.6 Å². The summed E-state index contributed by atoms with van der Waals surface area (Å²) in [4.78, 5) is 47.3. The Balaban J connectivity index is 1.76. The summed E-state index contributed by atoms with van der Waals surface area (Å²) in [5, 5.41) is 10.3. The zero-order valence-corrected chi connectivity index (χ0v) is 25.8. The fraction of sp³-hybridized carbons (Fsp3) is 0.581. The minimum absolute atomic E-state index is 0.156. The number of nitrogens with zero attached hydrogens (tertiary/aromatic N) is 3. The molecule has 2 amide bonds. The van der Waals surface area contributed by atoms with E-state index in [1.165, 1.54) is 4.90 Å². The number of anilines is 2. The number of ether oxygens (including phenoxy) is 2. The van der Waals surface area contributed by atoms with Crippen molar-refractivity contribution >= 4 is 45.1 Å². The first-order chi connectivity index (χ1) is 19.7. The first kappa shape index (κ1) is 31.3. The molecule has 3 aliphatic heterocycles. The predicted molar refractivity (Wildman–Crippen MR) is 162 cm³/mol. The molecule has 3 unspecified atom stereocenters. The van der Waals surface area contributed by atoms with Crippen LogP contribution >= 0.6 is 15.9 Å². The average molecular weight is 633 g/mol. The van der Waals surface area contributed by atoms with Crippen LogP contribution in [0.25, 0.3) is 0 Å². The van der Waals surface area contributed by atoms with Gasteiger partial charge in [-0.15, -0.1) is 13.2 Å². The molecule has 3 heterocycles. The normalized spacial score (nSPS) is 28.8. The van der Waals surface area contributed by atoms with E-state index < -0.39 is 41.6 Å². The molecule has 41 heavy (non-hydrogen) atoms. The Labute approximate surface area is 251 Å². The van der Waals surface area contributed by atoms with Crippen LogP contribution < -0.4 is 9.80 Å². The zero-order valence-electron chi connectivity index (χ0n) is 24.2. The highest BCUT2D eigenvalue weighted by atomic mass is 79.9. The number of carbonyl (C=O) groups excluding carboxylic acids is 3. The second-order valence-electron chi connectivity index (χ2n) is 10.8. The number of amides is 2. The van der Waals surface area contributed by atoms with Crippen molar-refractivity contribution in [3.63, 3.8) is 0 Å². The quantitative estimate of drug-likeness (QED) is 0.145. The van der Waals surface area contributed by atoms with Gasteiger partial charge >= 0.3 is 5.97 Å². The summed E-state index contributed by atoms with van der Waals surface area (Å²) in [6.45, 7) is 15.4. The van der Waals surface area contributed by atoms with Crippen molar-refractivity contribution in [3.05, 3.63) is 49.6 Å². The number of halogens is 1. The number of benzene rings is 1. The topological polar surface area (TPSA) is 99.6 Å². The van der Waals surface area contributed by atoms with Gasteiger partial charge < -0.3 is 29.3 Å². The maximum absolute atomic E-state index is 14.6. The van der Waals surface area contributed by atoms with Crippen molar-refractivity contribution in [3.8, 4) is 0 Å². The molecule has 1 N–H and O–H groups in total. The van der Waals surface area contributed by atoms with Crippen LogP contribution in [0.2, 0.25) is 0 Å². The molecule has 1 aromatic rings. The Morgan fingerprint density at radius 2 is 1.85 bits per heavy atom. The summed E-state index contributed by atoms with van der Waals surface area (Å²) in [5.74, 6) is -2.94. The predicted octanol–water partition coefficient (Wildman–Crippen LogP) is 3.69. The Morgan fingerprint density at radius 3 is 2.41 bits per heavy atom. The van der Waals surface area contributed by atoms with E-state index >= 15 is 0 Å². The molecule has 1 spiro atoms. The number of rotatable bonds is 14. The third-order valence-electron chi connectivity index (χ3n) is 8.74. The number of likely N-dealkylation sites (tertiary alicyclic amines) is 1. The van der Waals surface area contributed by atoms with E-state index in [0.29, 0.717) is 24.9 Å². The van der Waals surface area contributed by atoms with E-state index in [9.17, 15) is 19.5 Å². The lowest BCUT2D eigenvalue weighted by molar-refractivity contribution is -0.155. The van der Waals surface area contributed by atoms with E-state index in [-0.39, 0.29) is 36.4 Å². The maximum Gasteiger partial charge on any atom is 0.312 e. The molecule has 1 aromatic carbocycles. The highest BCUT2D eigenvalue weighted by molar-refractivity contribution is 9.09. The highest BCUT2D eigenvalue weighted by Gasteiger charge is 2.77. The lowest BCUT2D eigenvalue weighted by atomic mass is 9.70. The maximum atomic E-state index is 14.6. The fourth-order valence-electron chi connectivity index (χ4n) is 6.79. The lowest BCUT2D eigenvalue weighted by Crippen LogP contribution is -2.59. The van der Waals surface area contributed by atoms with Crippen molar-refractivity contribution in [2.45, 2.75) is 68.6 Å². The molecule has 0 aromatic heterocycles. The van der Waals surface area contributed by atoms with Crippen LogP contribution in [0.4, 0.5) is 11.4 Å². The van der Waals surface area contributed by atoms with Crippen molar-refractivity contribution in [1.29, 1.82) is 0 Å². The van der Waals surface area contributed by atoms with Crippen LogP contribution in [-0.2, 0) is 23.9 Å². The lowest BCUT2D eigenvalue weighted by Gasteiger charge is -2.39. The molecule has 3 aliphatic rings. The monoisotopic (exact) mass is 631 g/mol. The SMILES string of the molecule is C=CCCOC(=O)[C@H]1[C@H]2C(=O)N([C@@H](CC)CO)C(C(=O)N(CC=C)c3ccc(N(CC)CC)cc3)C23CC(Br)[C@@H]1O3. The van der Waals surface area contributed by atoms with Crippen molar-refractivity contribution in [1.82, 2.24) is 4.90 Å². The molecule has 224 valence electrons. The van der Waals surface area contributed by atoms with Gasteiger partial charge in [-0.1, -0.05) is 35.0 Å². The summed E-state index contributed by atoms with van der Waals surface area (Å²) in [6, 6.07) is 6.11. The standard InChI is InChI=1S/C31H42BrN3O6/c1-6-11-17-40-30(39)24-25-28(37)35(20(8-3)19-36)27(31(25)18-23(32)26(24)41-31)29(38)34(16-7-2)22-14-12-21(13-15-22)33(9-4)10-5/h6-7,12-15,20,23-27,36H,1-2,8-11,16-19H2,3-5H3/t20-,23?,24-,25-,26-,27?,31?/m0/s1. The van der Waals surface area contributed by atoms with E-state index in [1.54, 1.807) is 17.1 Å². The number of aliphatic hydroxyl groups is 1. The molecule has 2 bridgehead atoms. The molecule has 3 fully saturated rings. The van der Waals surface area contributed by atoms with E-state index in [2.05, 4.69) is 47.8 Å². The molecule has 0 saturated carbocycles. The molecule has 4 rings (SSSR count). The first-order valence-corrected chi connectivity index (χ1v) is 15.5. The summed E-state index contributed by atoms with van der Waals surface area (Å²) in [5.41, 5.74) is 0.474. The minimum Gasteiger partial charge on any atom is -0.465 e. The zero-order chi connectivity index (χ0) is 29.9. The van der Waals surface area contributed by atoms with E-state index in [4.69, 9.17) is 9.47 Å². The van der Waals surface area contributed by atoms with Crippen molar-refractivity contribution in [2.24, 2.45) is 11.8 Å². The smallest absolute Gasteiger partial charge is 0.312 e. The van der Waals surface area contributed by atoms with E-state index in [0.717, 1.165) is 18.8 Å². The van der Waals surface area contributed by atoms with Gasteiger partial charge in [0.2, 0.25) is 5.91 Å². The number of hydrogen-bond donors (Lipinski definition) is 1. The van der Waals surface area contributed by atoms with Gasteiger partial charge in [0, 0.05) is 35.8 Å². The van der Waals surface area contributed by atoms with Gasteiger partial charge in [-0.3, -0.25) is 14.4 Å². The van der Waals surface area contributed by atoms with Crippen LogP contribution in [0.1, 0.15) is 40.0 Å². The molecule has 10 heteroatoms. The molecular formula is C31H42BrN3O6. The Kier molecular flexibility index (Phi) is 9.97. The molecule has 3 saturated heterocycles. The fourth-order valence-corrected chi connectivity index (χ4v) is 7.74. The van der Waals surface area contributed by atoms with Gasteiger partial charge in [-0.2, -0.15) is 0 Å². The van der Waals surface area contributed by atoms with Crippen molar-refractivity contribution in [2.75, 3.05) is 42.6 Å². The molecular weight excluding hydrogens is 590 g/mol. The largest absolute Gasteiger partial charge is 0.465 e. The van der Waals surface area contributed by atoms with Gasteiger partial charge in [-0.05, 0) is 57.4 Å². The molecule has 0 aliphatic carbocycles. The van der Waals surface area contributed by atoms with Gasteiger partial charge in [0.25, 0.3) is 5.91 Å². The highest BCUT2D eigenvalue weighted by Crippen LogP contribution is 2.60. The molecule has 9 nitrogen and oxygen atoms in total. The van der Waals surface area contributed by atoms with Crippen LogP contribution in [0, 0.1) is 11.8 Å². The second-order valence-corrected chi connectivity index (χ2v) is 12.0. The summed E-state index contributed by atoms with van der Waals surface area (Å²) in [7, 11) is 0. The summed E-state index contributed by atoms with van der Waals surface area (Å²) in [6.07, 6.45) is 4.01. The number of aliphatic hydroxyl groups excluding tert-OH is 1. The number of esters is 1. The van der Waals surface area contributed by atoms with Crippen LogP contribution in [0.3, 0.4) is 0 Å². The van der Waals surface area contributed by atoms with Crippen LogP contribution in [-0.4, -0.2) is 89.3 Å². The van der Waals surface area contributed by atoms with Crippen LogP contribution in [0.5, 0.6) is 0 Å². The van der Waals surface area contributed by atoms with Gasteiger partial charge in [0.05, 0.1) is 37.2 Å². The number of alkyl halides is 1. The Morgan fingerprint density at radius 1 is 1.20 bits per heavy atom. The van der Waals surface area contributed by atoms with Gasteiger partial charge in [0.15, 0.2) is 0 Å². The first-order valence-electron chi connectivity index (χ1n) is 14.5. The third kappa shape index (κ3) is 5.34. The van der Waals surface area contributed by atoms with Gasteiger partial charge in [-0.25, -0.2) is 0 Å². The van der Waals surface area contributed by atoms with E-state index in [1.807, 2.05) is 31.2 Å². The Bertz CT molecular complexity index is 1140. The average Bonchev–Trinajstić information content (AvgIpc) is 3.57. The summed E-state index contributed by atoms with van der Waals surface area (Å²) >= 11 is 3.68. The summed E-state index contributed by atoms with van der Waals surface area (Å²) < 4.78 is 12.1. The third-order valence-corrected chi connectivity index (χ3v) is 9.59. The Hall–Kier alpha value is -2.69. The number of fused-ring (bicyclic) bond motifs is 1. The number of carbonyl (C=O) groups is 3.